The van der Waals surface area contributed by atoms with Gasteiger partial charge in [0.25, 0.3) is 11.5 Å². The van der Waals surface area contributed by atoms with Crippen molar-refractivity contribution in [3.05, 3.63) is 70.3 Å². The number of fused-ring (bicyclic) bond motifs is 4. The highest BCUT2D eigenvalue weighted by molar-refractivity contribution is 5.99. The number of H-pyrrole nitrogens is 1. The second-order valence-electron chi connectivity index (χ2n) is 7.80. The van der Waals surface area contributed by atoms with E-state index in [1.807, 2.05) is 45.9 Å². The molecule has 1 N–H and O–H groups in total. The summed E-state index contributed by atoms with van der Waals surface area (Å²) in [4.78, 5) is 27.5. The molecule has 1 aromatic carbocycles. The standard InChI is InChI=1S/C22H22N4O3/c1-29-17-7-5-15(6-8-17)21-18(10-23-24-21)22(28)25-11-14-9-16(13-25)19-3-2-4-20(27)26(19)12-14/h2-8,10,14,16H,9,11-13H2,1H3,(H,23,24)/t14-,16+/m1/s1. The van der Waals surface area contributed by atoms with Gasteiger partial charge in [-0.1, -0.05) is 6.07 Å². The van der Waals surface area contributed by atoms with Crippen molar-refractivity contribution in [1.82, 2.24) is 19.7 Å². The van der Waals surface area contributed by atoms with Crippen molar-refractivity contribution in [2.75, 3.05) is 20.2 Å². The van der Waals surface area contributed by atoms with Crippen molar-refractivity contribution in [3.63, 3.8) is 0 Å². The van der Waals surface area contributed by atoms with Gasteiger partial charge in [-0.3, -0.25) is 14.7 Å². The molecule has 0 saturated carbocycles. The lowest BCUT2D eigenvalue weighted by molar-refractivity contribution is 0.0595. The fourth-order valence-electron chi connectivity index (χ4n) is 4.66. The molecule has 1 fully saturated rings. The maximum Gasteiger partial charge on any atom is 0.257 e. The van der Waals surface area contributed by atoms with Gasteiger partial charge in [0.1, 0.15) is 5.75 Å². The average Bonchev–Trinajstić information content (AvgIpc) is 3.24. The molecule has 7 nitrogen and oxygen atoms in total. The van der Waals surface area contributed by atoms with Gasteiger partial charge in [0.2, 0.25) is 0 Å². The molecule has 0 radical (unpaired) electrons. The van der Waals surface area contributed by atoms with Crippen molar-refractivity contribution in [1.29, 1.82) is 0 Å². The van der Waals surface area contributed by atoms with E-state index < -0.39 is 0 Å². The monoisotopic (exact) mass is 390 g/mol. The Hall–Kier alpha value is -3.35. The summed E-state index contributed by atoms with van der Waals surface area (Å²) in [5, 5.41) is 7.10. The van der Waals surface area contributed by atoms with E-state index in [9.17, 15) is 9.59 Å². The fraction of sp³-hybridized carbons (Fsp3) is 0.318. The third-order valence-electron chi connectivity index (χ3n) is 6.02. The third-order valence-corrected chi connectivity index (χ3v) is 6.02. The summed E-state index contributed by atoms with van der Waals surface area (Å²) >= 11 is 0. The number of methoxy groups -OCH3 is 1. The number of piperidine rings is 1. The molecule has 4 heterocycles. The second-order valence-corrected chi connectivity index (χ2v) is 7.80. The zero-order valence-corrected chi connectivity index (χ0v) is 16.2. The van der Waals surface area contributed by atoms with Gasteiger partial charge in [-0.25, -0.2) is 0 Å². The fourth-order valence-corrected chi connectivity index (χ4v) is 4.66. The van der Waals surface area contributed by atoms with Crippen LogP contribution in [0.2, 0.25) is 0 Å². The second kappa shape index (κ2) is 6.92. The third kappa shape index (κ3) is 3.03. The summed E-state index contributed by atoms with van der Waals surface area (Å²) in [6.45, 7) is 1.95. The van der Waals surface area contributed by atoms with E-state index in [1.54, 1.807) is 19.4 Å². The van der Waals surface area contributed by atoms with Crippen LogP contribution in [0.4, 0.5) is 0 Å². The molecule has 0 aliphatic carbocycles. The van der Waals surface area contributed by atoms with Crippen LogP contribution >= 0.6 is 0 Å². The van der Waals surface area contributed by atoms with Gasteiger partial charge in [-0.15, -0.1) is 0 Å². The van der Waals surface area contributed by atoms with Crippen LogP contribution in [0.3, 0.4) is 0 Å². The normalized spacial score (nSPS) is 20.2. The molecule has 5 rings (SSSR count). The van der Waals surface area contributed by atoms with Crippen LogP contribution in [0.25, 0.3) is 11.3 Å². The number of benzene rings is 1. The summed E-state index contributed by atoms with van der Waals surface area (Å²) in [5.41, 5.74) is 3.26. The molecular formula is C22H22N4O3. The number of nitrogens with zero attached hydrogens (tertiary/aromatic N) is 3. The molecule has 0 unspecified atom stereocenters. The molecule has 0 spiro atoms. The number of carbonyl (C=O) groups is 1. The zero-order valence-electron chi connectivity index (χ0n) is 16.2. The number of ether oxygens (including phenoxy) is 1. The molecular weight excluding hydrogens is 368 g/mol. The number of aromatic nitrogens is 3. The molecule has 2 aliphatic heterocycles. The maximum absolute atomic E-state index is 13.4. The van der Waals surface area contributed by atoms with E-state index >= 15 is 0 Å². The van der Waals surface area contributed by atoms with Gasteiger partial charge < -0.3 is 14.2 Å². The summed E-state index contributed by atoms with van der Waals surface area (Å²) in [6.07, 6.45) is 2.62. The van der Waals surface area contributed by atoms with Crippen molar-refractivity contribution >= 4 is 5.91 Å². The van der Waals surface area contributed by atoms with Crippen molar-refractivity contribution in [2.24, 2.45) is 5.92 Å². The van der Waals surface area contributed by atoms with Gasteiger partial charge in [0.15, 0.2) is 0 Å². The predicted molar refractivity (Wildman–Crippen MR) is 108 cm³/mol. The first-order valence-electron chi connectivity index (χ1n) is 9.81. The van der Waals surface area contributed by atoms with Crippen LogP contribution in [0.15, 0.2) is 53.5 Å². The Balaban J connectivity index is 1.43. The predicted octanol–water partition coefficient (Wildman–Crippen LogP) is 2.51. The lowest BCUT2D eigenvalue weighted by Crippen LogP contribution is -2.49. The lowest BCUT2D eigenvalue weighted by atomic mass is 9.83. The Kier molecular flexibility index (Phi) is 4.23. The molecule has 1 saturated heterocycles. The highest BCUT2D eigenvalue weighted by atomic mass is 16.5. The Morgan fingerprint density at radius 1 is 1.14 bits per heavy atom. The highest BCUT2D eigenvalue weighted by Crippen LogP contribution is 2.36. The quantitative estimate of drug-likeness (QED) is 0.745. The number of rotatable bonds is 3. The number of pyridine rings is 1. The Labute approximate surface area is 167 Å². The highest BCUT2D eigenvalue weighted by Gasteiger charge is 2.37. The van der Waals surface area contributed by atoms with Crippen molar-refractivity contribution < 1.29 is 9.53 Å². The minimum atomic E-state index is -0.0222. The van der Waals surface area contributed by atoms with Crippen LogP contribution in [-0.4, -0.2) is 45.8 Å². The molecule has 148 valence electrons. The van der Waals surface area contributed by atoms with Crippen molar-refractivity contribution in [3.8, 4) is 17.0 Å². The van der Waals surface area contributed by atoms with E-state index in [0.717, 1.165) is 23.4 Å². The Bertz CT molecular complexity index is 1120. The molecule has 7 heteroatoms. The first kappa shape index (κ1) is 17.7. The van der Waals surface area contributed by atoms with E-state index in [0.29, 0.717) is 36.8 Å². The minimum Gasteiger partial charge on any atom is -0.497 e. The first-order valence-corrected chi connectivity index (χ1v) is 9.81. The molecule has 2 bridgehead atoms. The number of carbonyl (C=O) groups excluding carboxylic acids is 1. The van der Waals surface area contributed by atoms with E-state index in [1.165, 1.54) is 0 Å². The summed E-state index contributed by atoms with van der Waals surface area (Å²) in [6, 6.07) is 13.0. The summed E-state index contributed by atoms with van der Waals surface area (Å²) < 4.78 is 7.09. The van der Waals surface area contributed by atoms with Crippen LogP contribution in [0, 0.1) is 5.92 Å². The van der Waals surface area contributed by atoms with Gasteiger partial charge >= 0.3 is 0 Å². The molecule has 2 aliphatic rings. The average molecular weight is 390 g/mol. The van der Waals surface area contributed by atoms with Gasteiger partial charge in [0, 0.05) is 42.9 Å². The Morgan fingerprint density at radius 3 is 2.76 bits per heavy atom. The number of amides is 1. The molecule has 1 amide bonds. The van der Waals surface area contributed by atoms with Crippen LogP contribution in [0.5, 0.6) is 5.75 Å². The first-order chi connectivity index (χ1) is 14.1. The lowest BCUT2D eigenvalue weighted by Gasteiger charge is -2.42. The van der Waals surface area contributed by atoms with Crippen LogP contribution in [0.1, 0.15) is 28.4 Å². The topological polar surface area (TPSA) is 80.2 Å². The maximum atomic E-state index is 13.4. The molecule has 29 heavy (non-hydrogen) atoms. The number of nitrogens with one attached hydrogen (secondary N) is 1. The van der Waals surface area contributed by atoms with Crippen LogP contribution < -0.4 is 10.3 Å². The summed E-state index contributed by atoms with van der Waals surface area (Å²) in [7, 11) is 1.62. The van der Waals surface area contributed by atoms with Gasteiger partial charge in [0.05, 0.1) is 24.6 Å². The van der Waals surface area contributed by atoms with Crippen LogP contribution in [-0.2, 0) is 6.54 Å². The molecule has 2 atom stereocenters. The van der Waals surface area contributed by atoms with E-state index in [4.69, 9.17) is 4.74 Å². The number of aromatic amines is 1. The largest absolute Gasteiger partial charge is 0.497 e. The molecule has 3 aromatic rings. The number of hydrogen-bond donors (Lipinski definition) is 1. The summed E-state index contributed by atoms with van der Waals surface area (Å²) in [5.74, 6) is 1.23. The smallest absolute Gasteiger partial charge is 0.257 e. The SMILES string of the molecule is COc1ccc(-c2[nH]ncc2C(=O)N2C[C@H]3C[C@@H](C2)c2cccc(=O)n2C3)cc1. The minimum absolute atomic E-state index is 0.0222. The van der Waals surface area contributed by atoms with Gasteiger partial charge in [-0.05, 0) is 42.7 Å². The van der Waals surface area contributed by atoms with E-state index in [2.05, 4.69) is 10.2 Å². The zero-order chi connectivity index (χ0) is 20.0. The van der Waals surface area contributed by atoms with Gasteiger partial charge in [-0.2, -0.15) is 5.10 Å². The van der Waals surface area contributed by atoms with E-state index in [-0.39, 0.29) is 17.4 Å². The Morgan fingerprint density at radius 2 is 1.97 bits per heavy atom. The van der Waals surface area contributed by atoms with Crippen molar-refractivity contribution in [2.45, 2.75) is 18.9 Å². The molecule has 2 aromatic heterocycles. The number of likely N-dealkylation sites (tertiary alicyclic amines) is 1. The number of hydrogen-bond acceptors (Lipinski definition) is 4.